The third-order valence-electron chi connectivity index (χ3n) is 2.69. The fourth-order valence-electron chi connectivity index (χ4n) is 1.81. The summed E-state index contributed by atoms with van der Waals surface area (Å²) in [5.41, 5.74) is 1.73. The molecule has 0 amide bonds. The van der Waals surface area contributed by atoms with Gasteiger partial charge in [0.2, 0.25) is 0 Å². The van der Waals surface area contributed by atoms with Crippen molar-refractivity contribution in [1.82, 2.24) is 0 Å². The number of hydrogen-bond donors (Lipinski definition) is 1. The lowest BCUT2D eigenvalue weighted by atomic mass is 10.2. The van der Waals surface area contributed by atoms with E-state index in [1.807, 2.05) is 31.2 Å². The molecule has 0 bridgehead atoms. The minimum Gasteiger partial charge on any atom is -0.494 e. The zero-order valence-electron chi connectivity index (χ0n) is 10.9. The van der Waals surface area contributed by atoms with E-state index in [4.69, 9.17) is 16.3 Å². The van der Waals surface area contributed by atoms with Gasteiger partial charge in [-0.05, 0) is 52.7 Å². The molecule has 0 fully saturated rings. The molecule has 0 atom stereocenters. The summed E-state index contributed by atoms with van der Waals surface area (Å²) in [5.74, 6) is 0.460. The van der Waals surface area contributed by atoms with Gasteiger partial charge < -0.3 is 10.1 Å². The summed E-state index contributed by atoms with van der Waals surface area (Å²) in [6.07, 6.45) is 0. The largest absolute Gasteiger partial charge is 0.494 e. The van der Waals surface area contributed by atoms with Crippen molar-refractivity contribution in [2.24, 2.45) is 0 Å². The van der Waals surface area contributed by atoms with E-state index in [2.05, 4.69) is 21.2 Å². The van der Waals surface area contributed by atoms with Crippen LogP contribution in [0.5, 0.6) is 5.75 Å². The van der Waals surface area contributed by atoms with Crippen LogP contribution >= 0.6 is 27.5 Å². The summed E-state index contributed by atoms with van der Waals surface area (Å²) in [7, 11) is 0. The van der Waals surface area contributed by atoms with Crippen molar-refractivity contribution in [3.63, 3.8) is 0 Å². The normalized spacial score (nSPS) is 10.4. The third kappa shape index (κ3) is 3.87. The average molecular weight is 359 g/mol. The highest BCUT2D eigenvalue weighted by Crippen LogP contribution is 2.32. The van der Waals surface area contributed by atoms with Crippen LogP contribution in [0.3, 0.4) is 0 Å². The second-order valence-electron chi connectivity index (χ2n) is 4.18. The minimum absolute atomic E-state index is 0.345. The lowest BCUT2D eigenvalue weighted by Crippen LogP contribution is -2.02. The summed E-state index contributed by atoms with van der Waals surface area (Å²) in [4.78, 5) is 0. The summed E-state index contributed by atoms with van der Waals surface area (Å²) in [6, 6.07) is 10.5. The van der Waals surface area contributed by atoms with Gasteiger partial charge in [0.05, 0.1) is 17.3 Å². The van der Waals surface area contributed by atoms with Gasteiger partial charge in [0, 0.05) is 11.0 Å². The summed E-state index contributed by atoms with van der Waals surface area (Å²) in [5, 5.41) is 3.54. The van der Waals surface area contributed by atoms with Gasteiger partial charge in [0.15, 0.2) is 0 Å². The first kappa shape index (κ1) is 15.1. The lowest BCUT2D eigenvalue weighted by Gasteiger charge is -2.12. The zero-order valence-corrected chi connectivity index (χ0v) is 13.3. The molecule has 0 radical (unpaired) electrons. The maximum absolute atomic E-state index is 13.2. The number of ether oxygens (including phenoxy) is 1. The Morgan fingerprint density at radius 3 is 2.80 bits per heavy atom. The lowest BCUT2D eigenvalue weighted by molar-refractivity contribution is 0.340. The quantitative estimate of drug-likeness (QED) is 0.788. The summed E-state index contributed by atoms with van der Waals surface area (Å²) >= 11 is 9.32. The molecular weight excluding hydrogens is 345 g/mol. The Hall–Kier alpha value is -1.26. The standard InChI is InChI=1S/C15H14BrClFNO/c1-2-20-12-5-3-4-10(6-12)9-19-15-13(16)7-11(18)8-14(15)17/h3-8,19H,2,9H2,1H3. The average Bonchev–Trinajstić information content (AvgIpc) is 2.38. The van der Waals surface area contributed by atoms with Crippen LogP contribution < -0.4 is 10.1 Å². The van der Waals surface area contributed by atoms with Crippen LogP contribution in [0.15, 0.2) is 40.9 Å². The maximum Gasteiger partial charge on any atom is 0.125 e. The van der Waals surface area contributed by atoms with Crippen molar-refractivity contribution < 1.29 is 9.13 Å². The number of nitrogens with one attached hydrogen (secondary N) is 1. The monoisotopic (exact) mass is 357 g/mol. The summed E-state index contributed by atoms with van der Waals surface area (Å²) < 4.78 is 19.2. The van der Waals surface area contributed by atoms with E-state index in [-0.39, 0.29) is 5.82 Å². The van der Waals surface area contributed by atoms with Crippen LogP contribution in [0, 0.1) is 5.82 Å². The molecular formula is C15H14BrClFNO. The second-order valence-corrected chi connectivity index (χ2v) is 5.44. The van der Waals surface area contributed by atoms with Gasteiger partial charge in [-0.1, -0.05) is 23.7 Å². The molecule has 5 heteroatoms. The predicted molar refractivity (Wildman–Crippen MR) is 84.0 cm³/mol. The molecule has 0 heterocycles. The molecule has 0 saturated carbocycles. The molecule has 0 aliphatic rings. The van der Waals surface area contributed by atoms with E-state index in [9.17, 15) is 4.39 Å². The van der Waals surface area contributed by atoms with E-state index in [0.29, 0.717) is 28.3 Å². The van der Waals surface area contributed by atoms with Crippen molar-refractivity contribution in [3.8, 4) is 5.75 Å². The first-order valence-electron chi connectivity index (χ1n) is 6.20. The highest BCUT2D eigenvalue weighted by atomic mass is 79.9. The SMILES string of the molecule is CCOc1cccc(CNc2c(Cl)cc(F)cc2Br)c1. The van der Waals surface area contributed by atoms with Crippen LogP contribution in [0.2, 0.25) is 5.02 Å². The minimum atomic E-state index is -0.370. The number of halogens is 3. The molecule has 1 N–H and O–H groups in total. The van der Waals surface area contributed by atoms with E-state index >= 15 is 0 Å². The Balaban J connectivity index is 2.11. The molecule has 0 aliphatic carbocycles. The molecule has 2 aromatic rings. The Bertz CT molecular complexity index is 583. The van der Waals surface area contributed by atoms with Gasteiger partial charge in [-0.2, -0.15) is 0 Å². The summed E-state index contributed by atoms with van der Waals surface area (Å²) in [6.45, 7) is 3.15. The number of hydrogen-bond acceptors (Lipinski definition) is 2. The molecule has 0 aromatic heterocycles. The van der Waals surface area contributed by atoms with Gasteiger partial charge in [-0.3, -0.25) is 0 Å². The molecule has 20 heavy (non-hydrogen) atoms. The first-order chi connectivity index (χ1) is 9.60. The fraction of sp³-hybridized carbons (Fsp3) is 0.200. The van der Waals surface area contributed by atoms with Crippen LogP contribution in [0.1, 0.15) is 12.5 Å². The predicted octanol–water partition coefficient (Wildman–Crippen LogP) is 5.25. The first-order valence-corrected chi connectivity index (χ1v) is 7.37. The van der Waals surface area contributed by atoms with Gasteiger partial charge >= 0.3 is 0 Å². The second kappa shape index (κ2) is 6.95. The van der Waals surface area contributed by atoms with E-state index in [1.165, 1.54) is 12.1 Å². The Kier molecular flexibility index (Phi) is 5.26. The molecule has 106 valence electrons. The van der Waals surface area contributed by atoms with E-state index in [0.717, 1.165) is 11.3 Å². The van der Waals surface area contributed by atoms with Crippen molar-refractivity contribution in [2.75, 3.05) is 11.9 Å². The molecule has 0 saturated heterocycles. The molecule has 2 aromatic carbocycles. The van der Waals surface area contributed by atoms with Crippen molar-refractivity contribution >= 4 is 33.2 Å². The van der Waals surface area contributed by atoms with Gasteiger partial charge in [-0.25, -0.2) is 4.39 Å². The van der Waals surface area contributed by atoms with Gasteiger partial charge in [0.1, 0.15) is 11.6 Å². The molecule has 0 aliphatic heterocycles. The number of rotatable bonds is 5. The highest BCUT2D eigenvalue weighted by molar-refractivity contribution is 9.10. The Morgan fingerprint density at radius 2 is 2.10 bits per heavy atom. The fourth-order valence-corrected chi connectivity index (χ4v) is 2.77. The molecule has 2 rings (SSSR count). The Morgan fingerprint density at radius 1 is 1.30 bits per heavy atom. The van der Waals surface area contributed by atoms with Crippen molar-refractivity contribution in [1.29, 1.82) is 0 Å². The molecule has 0 spiro atoms. The zero-order chi connectivity index (χ0) is 14.5. The highest BCUT2D eigenvalue weighted by Gasteiger charge is 2.08. The number of anilines is 1. The van der Waals surface area contributed by atoms with Gasteiger partial charge in [0.25, 0.3) is 0 Å². The third-order valence-corrected chi connectivity index (χ3v) is 3.61. The molecule has 2 nitrogen and oxygen atoms in total. The van der Waals surface area contributed by atoms with Crippen LogP contribution in [0.25, 0.3) is 0 Å². The molecule has 0 unspecified atom stereocenters. The smallest absolute Gasteiger partial charge is 0.125 e. The maximum atomic E-state index is 13.2. The topological polar surface area (TPSA) is 21.3 Å². The van der Waals surface area contributed by atoms with E-state index < -0.39 is 0 Å². The van der Waals surface area contributed by atoms with Crippen LogP contribution in [-0.4, -0.2) is 6.61 Å². The van der Waals surface area contributed by atoms with E-state index in [1.54, 1.807) is 0 Å². The van der Waals surface area contributed by atoms with Crippen LogP contribution in [-0.2, 0) is 6.54 Å². The Labute approximate surface area is 131 Å². The van der Waals surface area contributed by atoms with Crippen molar-refractivity contribution in [2.45, 2.75) is 13.5 Å². The van der Waals surface area contributed by atoms with Crippen LogP contribution in [0.4, 0.5) is 10.1 Å². The van der Waals surface area contributed by atoms with Gasteiger partial charge in [-0.15, -0.1) is 0 Å². The van der Waals surface area contributed by atoms with Crippen molar-refractivity contribution in [3.05, 3.63) is 57.3 Å². The number of benzene rings is 2.